The molecule has 0 spiro atoms. The summed E-state index contributed by atoms with van der Waals surface area (Å²) in [6.07, 6.45) is 0. The highest BCUT2D eigenvalue weighted by molar-refractivity contribution is 7.89. The van der Waals surface area contributed by atoms with Gasteiger partial charge in [-0.05, 0) is 56.7 Å². The smallest absolute Gasteiger partial charge is 0.254 e. The van der Waals surface area contributed by atoms with Crippen LogP contribution in [0, 0.1) is 0 Å². The highest BCUT2D eigenvalue weighted by Gasteiger charge is 2.21. The molecule has 0 fully saturated rings. The molecule has 8 heteroatoms. The predicted molar refractivity (Wildman–Crippen MR) is 107 cm³/mol. The van der Waals surface area contributed by atoms with Crippen molar-refractivity contribution in [2.45, 2.75) is 31.7 Å². The fourth-order valence-corrected chi connectivity index (χ4v) is 3.31. The molecule has 0 heterocycles. The fourth-order valence-electron chi connectivity index (χ4n) is 2.74. The minimum absolute atomic E-state index is 0.0115. The van der Waals surface area contributed by atoms with Gasteiger partial charge in [0.25, 0.3) is 5.91 Å². The van der Waals surface area contributed by atoms with Crippen LogP contribution in [0.3, 0.4) is 0 Å². The van der Waals surface area contributed by atoms with Crippen molar-refractivity contribution in [3.8, 4) is 11.5 Å². The second-order valence-corrected chi connectivity index (χ2v) is 7.80. The number of carbonyl (C=O) groups is 1. The number of rotatable bonds is 8. The lowest BCUT2D eigenvalue weighted by atomic mass is 10.1. The zero-order valence-electron chi connectivity index (χ0n) is 16.5. The average molecular weight is 407 g/mol. The first-order valence-corrected chi connectivity index (χ1v) is 10.5. The van der Waals surface area contributed by atoms with Gasteiger partial charge in [0.1, 0.15) is 0 Å². The molecule has 0 bridgehead atoms. The number of nitrogens with zero attached hydrogens (tertiary/aromatic N) is 1. The van der Waals surface area contributed by atoms with Crippen molar-refractivity contribution < 1.29 is 22.7 Å². The third-order valence-electron chi connectivity index (χ3n) is 4.36. The standard InChI is InChI=1S/C20H26N2O5S/c1-5-26-18-11-10-16(13-19(18)27-6-2)20(23)22(4)14(3)15-8-7-9-17(12-15)28(21,24)25/h7-14H,5-6H2,1-4H3,(H2,21,24,25). The van der Waals surface area contributed by atoms with E-state index < -0.39 is 10.0 Å². The van der Waals surface area contributed by atoms with E-state index in [4.69, 9.17) is 14.6 Å². The molecule has 7 nitrogen and oxygen atoms in total. The molecule has 152 valence electrons. The van der Waals surface area contributed by atoms with Crippen LogP contribution in [0.25, 0.3) is 0 Å². The van der Waals surface area contributed by atoms with Crippen molar-refractivity contribution >= 4 is 15.9 Å². The predicted octanol–water partition coefficient (Wildman–Crippen LogP) is 2.96. The highest BCUT2D eigenvalue weighted by atomic mass is 32.2. The van der Waals surface area contributed by atoms with Gasteiger partial charge in [-0.3, -0.25) is 4.79 Å². The zero-order valence-corrected chi connectivity index (χ0v) is 17.3. The Hall–Kier alpha value is -2.58. The van der Waals surface area contributed by atoms with Crippen LogP contribution in [0.4, 0.5) is 0 Å². The molecule has 2 aromatic rings. The summed E-state index contributed by atoms with van der Waals surface area (Å²) < 4.78 is 34.3. The summed E-state index contributed by atoms with van der Waals surface area (Å²) in [6.45, 7) is 6.49. The molecular weight excluding hydrogens is 380 g/mol. The summed E-state index contributed by atoms with van der Waals surface area (Å²) in [5.41, 5.74) is 1.11. The monoisotopic (exact) mass is 406 g/mol. The van der Waals surface area contributed by atoms with Gasteiger partial charge < -0.3 is 14.4 Å². The quantitative estimate of drug-likeness (QED) is 0.727. The SMILES string of the molecule is CCOc1ccc(C(=O)N(C)C(C)c2cccc(S(N)(=O)=O)c2)cc1OCC. The van der Waals surface area contributed by atoms with Crippen LogP contribution >= 0.6 is 0 Å². The van der Waals surface area contributed by atoms with Gasteiger partial charge in [-0.2, -0.15) is 0 Å². The van der Waals surface area contributed by atoms with Gasteiger partial charge in [0, 0.05) is 12.6 Å². The molecule has 2 N–H and O–H groups in total. The molecule has 0 radical (unpaired) electrons. The first kappa shape index (κ1) is 21.7. The average Bonchev–Trinajstić information content (AvgIpc) is 2.67. The molecule has 1 amide bonds. The zero-order chi connectivity index (χ0) is 20.9. The second kappa shape index (κ2) is 9.07. The Morgan fingerprint density at radius 3 is 2.32 bits per heavy atom. The number of nitrogens with two attached hydrogens (primary N) is 1. The molecule has 2 aromatic carbocycles. The first-order valence-electron chi connectivity index (χ1n) is 8.98. The molecule has 1 atom stereocenters. The summed E-state index contributed by atoms with van der Waals surface area (Å²) in [7, 11) is -2.15. The Labute approximate surface area is 166 Å². The Bertz CT molecular complexity index is 943. The van der Waals surface area contributed by atoms with Gasteiger partial charge in [0.2, 0.25) is 10.0 Å². The highest BCUT2D eigenvalue weighted by Crippen LogP contribution is 2.30. The molecule has 0 aliphatic rings. The molecule has 28 heavy (non-hydrogen) atoms. The summed E-state index contributed by atoms with van der Waals surface area (Å²) in [5, 5.41) is 5.20. The molecular formula is C20H26N2O5S. The van der Waals surface area contributed by atoms with Crippen molar-refractivity contribution in [2.24, 2.45) is 5.14 Å². The number of sulfonamides is 1. The molecule has 0 aliphatic heterocycles. The van der Waals surface area contributed by atoms with Crippen molar-refractivity contribution in [1.29, 1.82) is 0 Å². The van der Waals surface area contributed by atoms with E-state index in [1.165, 1.54) is 17.0 Å². The maximum atomic E-state index is 13.0. The number of carbonyl (C=O) groups excluding carboxylic acids is 1. The normalized spacial score (nSPS) is 12.3. The maximum absolute atomic E-state index is 13.0. The van der Waals surface area contributed by atoms with Gasteiger partial charge in [0.15, 0.2) is 11.5 Å². The molecule has 0 aromatic heterocycles. The summed E-state index contributed by atoms with van der Waals surface area (Å²) in [5.74, 6) is 0.863. The Kier molecular flexibility index (Phi) is 7.04. The van der Waals surface area contributed by atoms with Crippen LogP contribution in [0.2, 0.25) is 0 Å². The van der Waals surface area contributed by atoms with Crippen LogP contribution in [0.15, 0.2) is 47.4 Å². The number of ether oxygens (including phenoxy) is 2. The van der Waals surface area contributed by atoms with E-state index in [1.807, 2.05) is 20.8 Å². The summed E-state index contributed by atoms with van der Waals surface area (Å²) in [4.78, 5) is 14.5. The van der Waals surface area contributed by atoms with Crippen LogP contribution in [-0.4, -0.2) is 39.5 Å². The van der Waals surface area contributed by atoms with Gasteiger partial charge >= 0.3 is 0 Å². The molecule has 2 rings (SSSR count). The van der Waals surface area contributed by atoms with E-state index in [1.54, 1.807) is 37.4 Å². The molecule has 1 unspecified atom stereocenters. The number of primary sulfonamides is 1. The molecule has 0 aliphatic carbocycles. The summed E-state index contributed by atoms with van der Waals surface area (Å²) >= 11 is 0. The van der Waals surface area contributed by atoms with E-state index in [0.29, 0.717) is 35.8 Å². The van der Waals surface area contributed by atoms with Gasteiger partial charge in [0.05, 0.1) is 24.2 Å². The topological polar surface area (TPSA) is 98.9 Å². The van der Waals surface area contributed by atoms with Crippen molar-refractivity contribution in [3.63, 3.8) is 0 Å². The number of amides is 1. The number of benzene rings is 2. The van der Waals surface area contributed by atoms with E-state index in [0.717, 1.165) is 0 Å². The third kappa shape index (κ3) is 5.02. The van der Waals surface area contributed by atoms with Gasteiger partial charge in [-0.15, -0.1) is 0 Å². The van der Waals surface area contributed by atoms with Gasteiger partial charge in [-0.1, -0.05) is 12.1 Å². The lowest BCUT2D eigenvalue weighted by molar-refractivity contribution is 0.0742. The van der Waals surface area contributed by atoms with E-state index >= 15 is 0 Å². The Morgan fingerprint density at radius 2 is 1.71 bits per heavy atom. The van der Waals surface area contributed by atoms with Crippen LogP contribution in [-0.2, 0) is 10.0 Å². The van der Waals surface area contributed by atoms with E-state index in [2.05, 4.69) is 0 Å². The van der Waals surface area contributed by atoms with Crippen molar-refractivity contribution in [2.75, 3.05) is 20.3 Å². The third-order valence-corrected chi connectivity index (χ3v) is 5.27. The lowest BCUT2D eigenvalue weighted by Gasteiger charge is -2.26. The largest absolute Gasteiger partial charge is 0.490 e. The number of hydrogen-bond donors (Lipinski definition) is 1. The van der Waals surface area contributed by atoms with Crippen molar-refractivity contribution in [1.82, 2.24) is 4.90 Å². The van der Waals surface area contributed by atoms with Crippen molar-refractivity contribution in [3.05, 3.63) is 53.6 Å². The Balaban J connectivity index is 2.30. The van der Waals surface area contributed by atoms with Crippen LogP contribution in [0.5, 0.6) is 11.5 Å². The minimum atomic E-state index is -3.81. The second-order valence-electron chi connectivity index (χ2n) is 6.24. The van der Waals surface area contributed by atoms with Crippen LogP contribution in [0.1, 0.15) is 42.7 Å². The fraction of sp³-hybridized carbons (Fsp3) is 0.350. The lowest BCUT2D eigenvalue weighted by Crippen LogP contribution is -2.29. The first-order chi connectivity index (χ1) is 13.2. The van der Waals surface area contributed by atoms with E-state index in [9.17, 15) is 13.2 Å². The summed E-state index contributed by atoms with van der Waals surface area (Å²) in [6, 6.07) is 10.9. The maximum Gasteiger partial charge on any atom is 0.254 e. The van der Waals surface area contributed by atoms with E-state index in [-0.39, 0.29) is 16.8 Å². The van der Waals surface area contributed by atoms with Gasteiger partial charge in [-0.25, -0.2) is 13.6 Å². The Morgan fingerprint density at radius 1 is 1.07 bits per heavy atom. The van der Waals surface area contributed by atoms with Crippen LogP contribution < -0.4 is 14.6 Å². The molecule has 0 saturated carbocycles. The minimum Gasteiger partial charge on any atom is -0.490 e. The number of hydrogen-bond acceptors (Lipinski definition) is 5. The molecule has 0 saturated heterocycles.